The van der Waals surface area contributed by atoms with Gasteiger partial charge in [0.15, 0.2) is 0 Å². The summed E-state index contributed by atoms with van der Waals surface area (Å²) in [5, 5.41) is 3.03. The highest BCUT2D eigenvalue weighted by molar-refractivity contribution is 6.29. The van der Waals surface area contributed by atoms with Crippen molar-refractivity contribution in [3.63, 3.8) is 0 Å². The zero-order chi connectivity index (χ0) is 17.5. The summed E-state index contributed by atoms with van der Waals surface area (Å²) in [5.74, 6) is 0.255. The molecular formula is C17H19ClN4O3. The van der Waals surface area contributed by atoms with E-state index in [0.717, 1.165) is 32.8 Å². The minimum absolute atomic E-state index is 0.271. The second-order valence-corrected chi connectivity index (χ2v) is 5.90. The first-order valence-electron chi connectivity index (χ1n) is 8.02. The highest BCUT2D eigenvalue weighted by Crippen LogP contribution is 2.14. The van der Waals surface area contributed by atoms with Crippen LogP contribution in [-0.2, 0) is 4.74 Å². The van der Waals surface area contributed by atoms with Crippen molar-refractivity contribution in [1.29, 1.82) is 0 Å². The van der Waals surface area contributed by atoms with Gasteiger partial charge in [-0.2, -0.15) is 0 Å². The number of carbonyl (C=O) groups is 1. The van der Waals surface area contributed by atoms with E-state index in [1.165, 1.54) is 12.3 Å². The number of carbonyl (C=O) groups excluding carboxylic acids is 1. The summed E-state index contributed by atoms with van der Waals surface area (Å²) in [6.45, 7) is 4.81. The van der Waals surface area contributed by atoms with Crippen molar-refractivity contribution in [3.05, 3.63) is 47.4 Å². The van der Waals surface area contributed by atoms with Crippen LogP contribution in [0.5, 0.6) is 5.88 Å². The van der Waals surface area contributed by atoms with Gasteiger partial charge in [0.1, 0.15) is 11.8 Å². The van der Waals surface area contributed by atoms with Crippen LogP contribution in [0, 0.1) is 0 Å². The Balaban J connectivity index is 1.47. The van der Waals surface area contributed by atoms with E-state index < -0.39 is 0 Å². The molecule has 2 aromatic rings. The number of hydrogen-bond acceptors (Lipinski definition) is 6. The first-order chi connectivity index (χ1) is 12.2. The van der Waals surface area contributed by atoms with Crippen LogP contribution in [0.1, 0.15) is 10.4 Å². The Kier molecular flexibility index (Phi) is 6.16. The lowest BCUT2D eigenvalue weighted by Crippen LogP contribution is -2.38. The van der Waals surface area contributed by atoms with Gasteiger partial charge in [0.05, 0.1) is 25.1 Å². The van der Waals surface area contributed by atoms with Gasteiger partial charge in [-0.1, -0.05) is 11.6 Å². The fourth-order valence-corrected chi connectivity index (χ4v) is 2.56. The number of halogens is 1. The highest BCUT2D eigenvalue weighted by Gasteiger charge is 2.10. The fraction of sp³-hybridized carbons (Fsp3) is 0.353. The number of ether oxygens (including phenoxy) is 2. The molecule has 1 saturated heterocycles. The minimum atomic E-state index is -0.271. The van der Waals surface area contributed by atoms with Crippen molar-refractivity contribution in [1.82, 2.24) is 14.9 Å². The molecule has 7 nitrogen and oxygen atoms in total. The molecule has 1 aliphatic heterocycles. The van der Waals surface area contributed by atoms with Crippen molar-refractivity contribution in [3.8, 4) is 5.88 Å². The Morgan fingerprint density at radius 1 is 1.28 bits per heavy atom. The van der Waals surface area contributed by atoms with E-state index in [1.807, 2.05) is 0 Å². The van der Waals surface area contributed by atoms with Gasteiger partial charge >= 0.3 is 0 Å². The second-order valence-electron chi connectivity index (χ2n) is 5.51. The zero-order valence-electron chi connectivity index (χ0n) is 13.7. The van der Waals surface area contributed by atoms with Crippen LogP contribution >= 0.6 is 11.6 Å². The van der Waals surface area contributed by atoms with E-state index in [-0.39, 0.29) is 11.1 Å². The normalized spacial score (nSPS) is 14.9. The quantitative estimate of drug-likeness (QED) is 0.793. The van der Waals surface area contributed by atoms with Gasteiger partial charge in [0.25, 0.3) is 5.91 Å². The van der Waals surface area contributed by atoms with Crippen LogP contribution in [0.2, 0.25) is 5.15 Å². The van der Waals surface area contributed by atoms with Crippen LogP contribution in [-0.4, -0.2) is 60.2 Å². The SMILES string of the molecule is O=C(Nc1ccc(OCCN2CCOCC2)nc1)c1ccnc(Cl)c1. The number of pyridine rings is 2. The Morgan fingerprint density at radius 2 is 2.12 bits per heavy atom. The van der Waals surface area contributed by atoms with Gasteiger partial charge in [-0.05, 0) is 18.2 Å². The number of aromatic nitrogens is 2. The summed E-state index contributed by atoms with van der Waals surface area (Å²) in [4.78, 5) is 22.5. The molecule has 3 heterocycles. The molecule has 0 radical (unpaired) electrons. The summed E-state index contributed by atoms with van der Waals surface area (Å²) in [7, 11) is 0. The second kappa shape index (κ2) is 8.75. The van der Waals surface area contributed by atoms with Crippen LogP contribution in [0.3, 0.4) is 0 Å². The zero-order valence-corrected chi connectivity index (χ0v) is 14.4. The van der Waals surface area contributed by atoms with Gasteiger partial charge in [0, 0.05) is 37.5 Å². The standard InChI is InChI=1S/C17H19ClN4O3/c18-15-11-13(3-4-19-15)17(23)21-14-1-2-16(20-12-14)25-10-7-22-5-8-24-9-6-22/h1-4,11-12H,5-10H2,(H,21,23). The predicted octanol–water partition coefficient (Wildman–Crippen LogP) is 2.09. The molecule has 1 N–H and O–H groups in total. The van der Waals surface area contributed by atoms with E-state index in [4.69, 9.17) is 21.1 Å². The van der Waals surface area contributed by atoms with Crippen molar-refractivity contribution in [2.45, 2.75) is 0 Å². The molecule has 1 aliphatic rings. The summed E-state index contributed by atoms with van der Waals surface area (Å²) in [6, 6.07) is 6.58. The Bertz CT molecular complexity index is 705. The fourth-order valence-electron chi connectivity index (χ4n) is 2.39. The third-order valence-electron chi connectivity index (χ3n) is 3.74. The van der Waals surface area contributed by atoms with Gasteiger partial charge in [-0.3, -0.25) is 9.69 Å². The molecular weight excluding hydrogens is 344 g/mol. The molecule has 0 unspecified atom stereocenters. The van der Waals surface area contributed by atoms with Gasteiger partial charge in [0.2, 0.25) is 5.88 Å². The summed E-state index contributed by atoms with van der Waals surface area (Å²) in [6.07, 6.45) is 3.05. The smallest absolute Gasteiger partial charge is 0.255 e. The predicted molar refractivity (Wildman–Crippen MR) is 94.2 cm³/mol. The molecule has 0 bridgehead atoms. The first kappa shape index (κ1) is 17.6. The molecule has 25 heavy (non-hydrogen) atoms. The monoisotopic (exact) mass is 362 g/mol. The van der Waals surface area contributed by atoms with Crippen molar-refractivity contribution in [2.24, 2.45) is 0 Å². The molecule has 1 amide bonds. The van der Waals surface area contributed by atoms with E-state index in [1.54, 1.807) is 24.4 Å². The number of nitrogens with zero attached hydrogens (tertiary/aromatic N) is 3. The maximum Gasteiger partial charge on any atom is 0.255 e. The average Bonchev–Trinajstić information content (AvgIpc) is 2.64. The molecule has 8 heteroatoms. The largest absolute Gasteiger partial charge is 0.476 e. The number of anilines is 1. The summed E-state index contributed by atoms with van der Waals surface area (Å²) < 4.78 is 10.9. The molecule has 0 atom stereocenters. The number of rotatable bonds is 6. The lowest BCUT2D eigenvalue weighted by Gasteiger charge is -2.26. The Morgan fingerprint density at radius 3 is 2.84 bits per heavy atom. The Labute approximate surface area is 150 Å². The average molecular weight is 363 g/mol. The van der Waals surface area contributed by atoms with E-state index in [0.29, 0.717) is 23.7 Å². The van der Waals surface area contributed by atoms with Crippen LogP contribution in [0.15, 0.2) is 36.7 Å². The maximum atomic E-state index is 12.1. The molecule has 1 fully saturated rings. The van der Waals surface area contributed by atoms with Gasteiger partial charge in [-0.25, -0.2) is 9.97 Å². The summed E-state index contributed by atoms with van der Waals surface area (Å²) >= 11 is 5.79. The first-order valence-corrected chi connectivity index (χ1v) is 8.40. The molecule has 2 aromatic heterocycles. The van der Waals surface area contributed by atoms with Gasteiger partial charge < -0.3 is 14.8 Å². The van der Waals surface area contributed by atoms with E-state index in [2.05, 4.69) is 20.2 Å². The minimum Gasteiger partial charge on any atom is -0.476 e. The Hall–Kier alpha value is -2.22. The lowest BCUT2D eigenvalue weighted by atomic mass is 10.2. The lowest BCUT2D eigenvalue weighted by molar-refractivity contribution is 0.0320. The number of amides is 1. The van der Waals surface area contributed by atoms with Crippen molar-refractivity contribution >= 4 is 23.2 Å². The highest BCUT2D eigenvalue weighted by atomic mass is 35.5. The van der Waals surface area contributed by atoms with Gasteiger partial charge in [-0.15, -0.1) is 0 Å². The molecule has 0 spiro atoms. The molecule has 0 aromatic carbocycles. The number of morpholine rings is 1. The maximum absolute atomic E-state index is 12.1. The number of hydrogen-bond donors (Lipinski definition) is 1. The van der Waals surface area contributed by atoms with Crippen LogP contribution in [0.25, 0.3) is 0 Å². The third kappa shape index (κ3) is 5.38. The van der Waals surface area contributed by atoms with Crippen molar-refractivity contribution < 1.29 is 14.3 Å². The molecule has 3 rings (SSSR count). The summed E-state index contributed by atoms with van der Waals surface area (Å²) in [5.41, 5.74) is 1.02. The van der Waals surface area contributed by atoms with E-state index in [9.17, 15) is 4.79 Å². The van der Waals surface area contributed by atoms with Crippen molar-refractivity contribution in [2.75, 3.05) is 44.8 Å². The topological polar surface area (TPSA) is 76.6 Å². The van der Waals surface area contributed by atoms with Crippen LogP contribution in [0.4, 0.5) is 5.69 Å². The van der Waals surface area contributed by atoms with E-state index >= 15 is 0 Å². The third-order valence-corrected chi connectivity index (χ3v) is 3.95. The molecule has 132 valence electrons. The number of nitrogens with one attached hydrogen (secondary N) is 1. The molecule has 0 saturated carbocycles. The molecule has 0 aliphatic carbocycles. The van der Waals surface area contributed by atoms with Crippen LogP contribution < -0.4 is 10.1 Å².